The Hall–Kier alpha value is -1.10. The number of carbonyl (C=O) groups excluding carboxylic acids is 1. The van der Waals surface area contributed by atoms with Crippen LogP contribution in [0.2, 0.25) is 0 Å². The molecule has 1 saturated carbocycles. The first kappa shape index (κ1) is 16.0. The lowest BCUT2D eigenvalue weighted by atomic mass is 9.88. The zero-order valence-electron chi connectivity index (χ0n) is 11.6. The molecule has 0 aliphatic heterocycles. The van der Waals surface area contributed by atoms with E-state index >= 15 is 0 Å². The second-order valence-corrected chi connectivity index (χ2v) is 5.43. The first-order chi connectivity index (χ1) is 9.13. The molecule has 0 aromatic heterocycles. The van der Waals surface area contributed by atoms with Gasteiger partial charge in [0.2, 0.25) is 5.91 Å². The highest BCUT2D eigenvalue weighted by atomic mass is 16.4. The molecule has 0 spiro atoms. The van der Waals surface area contributed by atoms with Crippen LogP contribution >= 0.6 is 0 Å². The molecule has 0 bridgehead atoms. The molecular formula is C14H26N2O3. The van der Waals surface area contributed by atoms with Crippen molar-refractivity contribution in [1.82, 2.24) is 5.32 Å². The Labute approximate surface area is 114 Å². The molecule has 1 rings (SSSR count). The molecule has 1 fully saturated rings. The Bertz CT molecular complexity index is 288. The normalized spacial score (nSPS) is 17.3. The topological polar surface area (TPSA) is 92.4 Å². The molecule has 19 heavy (non-hydrogen) atoms. The van der Waals surface area contributed by atoms with E-state index in [2.05, 4.69) is 5.32 Å². The first-order valence-electron chi connectivity index (χ1n) is 7.32. The van der Waals surface area contributed by atoms with Crippen LogP contribution in [-0.4, -0.2) is 30.1 Å². The fourth-order valence-electron chi connectivity index (χ4n) is 2.86. The van der Waals surface area contributed by atoms with Gasteiger partial charge in [-0.3, -0.25) is 9.59 Å². The van der Waals surface area contributed by atoms with Crippen molar-refractivity contribution in [2.45, 2.75) is 51.4 Å². The monoisotopic (exact) mass is 270 g/mol. The van der Waals surface area contributed by atoms with E-state index in [1.54, 1.807) is 0 Å². The summed E-state index contributed by atoms with van der Waals surface area (Å²) in [6, 6.07) is 0. The first-order valence-corrected chi connectivity index (χ1v) is 7.32. The van der Waals surface area contributed by atoms with Crippen molar-refractivity contribution >= 4 is 11.9 Å². The zero-order valence-corrected chi connectivity index (χ0v) is 11.6. The summed E-state index contributed by atoms with van der Waals surface area (Å²) < 4.78 is 0. The van der Waals surface area contributed by atoms with Crippen LogP contribution in [0.4, 0.5) is 0 Å². The van der Waals surface area contributed by atoms with E-state index in [1.165, 1.54) is 25.7 Å². The van der Waals surface area contributed by atoms with E-state index in [0.717, 1.165) is 12.3 Å². The molecule has 1 atom stereocenters. The maximum absolute atomic E-state index is 11.5. The summed E-state index contributed by atoms with van der Waals surface area (Å²) in [6.07, 6.45) is 6.86. The van der Waals surface area contributed by atoms with Crippen LogP contribution in [-0.2, 0) is 9.59 Å². The lowest BCUT2D eigenvalue weighted by Gasteiger charge is -2.21. The van der Waals surface area contributed by atoms with Crippen molar-refractivity contribution in [2.75, 3.05) is 13.1 Å². The number of amides is 1. The molecule has 0 aromatic carbocycles. The second-order valence-electron chi connectivity index (χ2n) is 5.43. The van der Waals surface area contributed by atoms with Crippen LogP contribution in [0, 0.1) is 11.8 Å². The summed E-state index contributed by atoms with van der Waals surface area (Å²) in [5, 5.41) is 11.3. The quantitative estimate of drug-likeness (QED) is 0.592. The molecule has 5 nitrogen and oxygen atoms in total. The predicted octanol–water partition coefficient (Wildman–Crippen LogP) is 1.51. The summed E-state index contributed by atoms with van der Waals surface area (Å²) in [5.74, 6) is 0.344. The van der Waals surface area contributed by atoms with Crippen LogP contribution < -0.4 is 11.1 Å². The Morgan fingerprint density at radius 3 is 2.53 bits per heavy atom. The smallest absolute Gasteiger partial charge is 0.303 e. The molecular weight excluding hydrogens is 244 g/mol. The van der Waals surface area contributed by atoms with Crippen LogP contribution in [0.3, 0.4) is 0 Å². The number of carboxylic acid groups (broad SMARTS) is 1. The van der Waals surface area contributed by atoms with E-state index in [0.29, 0.717) is 31.8 Å². The van der Waals surface area contributed by atoms with E-state index in [-0.39, 0.29) is 12.3 Å². The summed E-state index contributed by atoms with van der Waals surface area (Å²) >= 11 is 0. The van der Waals surface area contributed by atoms with Crippen LogP contribution in [0.1, 0.15) is 51.4 Å². The average Bonchev–Trinajstić information content (AvgIpc) is 2.88. The van der Waals surface area contributed by atoms with E-state index in [4.69, 9.17) is 10.8 Å². The fourth-order valence-corrected chi connectivity index (χ4v) is 2.86. The molecule has 1 aliphatic rings. The van der Waals surface area contributed by atoms with Crippen molar-refractivity contribution in [3.05, 3.63) is 0 Å². The third kappa shape index (κ3) is 6.57. The SMILES string of the molecule is NCC(CCNC(=O)CCCC(=O)O)C1CCCC1. The number of nitrogens with one attached hydrogen (secondary N) is 1. The molecule has 1 unspecified atom stereocenters. The maximum Gasteiger partial charge on any atom is 0.303 e. The molecule has 1 aliphatic carbocycles. The summed E-state index contributed by atoms with van der Waals surface area (Å²) in [4.78, 5) is 21.8. The standard InChI is InChI=1S/C14H26N2O3/c15-10-12(11-4-1-2-5-11)8-9-16-13(17)6-3-7-14(18)19/h11-12H,1-10,15H2,(H,16,17)(H,18,19). The zero-order chi connectivity index (χ0) is 14.1. The molecule has 5 heteroatoms. The minimum atomic E-state index is -0.850. The lowest BCUT2D eigenvalue weighted by Crippen LogP contribution is -2.30. The fraction of sp³-hybridized carbons (Fsp3) is 0.857. The molecule has 110 valence electrons. The summed E-state index contributed by atoms with van der Waals surface area (Å²) in [5.41, 5.74) is 5.81. The number of hydrogen-bond acceptors (Lipinski definition) is 3. The van der Waals surface area contributed by atoms with Crippen molar-refractivity contribution in [3.63, 3.8) is 0 Å². The van der Waals surface area contributed by atoms with Gasteiger partial charge in [0.15, 0.2) is 0 Å². The minimum Gasteiger partial charge on any atom is -0.481 e. The van der Waals surface area contributed by atoms with Gasteiger partial charge in [-0.2, -0.15) is 0 Å². The van der Waals surface area contributed by atoms with Crippen molar-refractivity contribution < 1.29 is 14.7 Å². The van der Waals surface area contributed by atoms with Gasteiger partial charge in [-0.1, -0.05) is 25.7 Å². The van der Waals surface area contributed by atoms with Crippen LogP contribution in [0.25, 0.3) is 0 Å². The maximum atomic E-state index is 11.5. The predicted molar refractivity (Wildman–Crippen MR) is 73.6 cm³/mol. The number of carbonyl (C=O) groups is 2. The van der Waals surface area contributed by atoms with Gasteiger partial charge in [-0.05, 0) is 31.2 Å². The Balaban J connectivity index is 2.10. The molecule has 4 N–H and O–H groups in total. The van der Waals surface area contributed by atoms with Crippen LogP contribution in [0.5, 0.6) is 0 Å². The molecule has 0 aromatic rings. The van der Waals surface area contributed by atoms with Gasteiger partial charge in [-0.15, -0.1) is 0 Å². The Morgan fingerprint density at radius 2 is 1.95 bits per heavy atom. The van der Waals surface area contributed by atoms with Crippen molar-refractivity contribution in [3.8, 4) is 0 Å². The lowest BCUT2D eigenvalue weighted by molar-refractivity contribution is -0.137. The Kier molecular flexibility index (Phi) is 7.48. The number of nitrogens with two attached hydrogens (primary N) is 1. The van der Waals surface area contributed by atoms with Crippen LogP contribution in [0.15, 0.2) is 0 Å². The highest BCUT2D eigenvalue weighted by Crippen LogP contribution is 2.32. The number of aliphatic carboxylic acids is 1. The second kappa shape index (κ2) is 8.91. The summed E-state index contributed by atoms with van der Waals surface area (Å²) in [7, 11) is 0. The van der Waals surface area contributed by atoms with Crippen molar-refractivity contribution in [2.24, 2.45) is 17.6 Å². The summed E-state index contributed by atoms with van der Waals surface area (Å²) in [6.45, 7) is 1.35. The third-order valence-electron chi connectivity index (χ3n) is 4.00. The van der Waals surface area contributed by atoms with Gasteiger partial charge in [0.1, 0.15) is 0 Å². The van der Waals surface area contributed by atoms with E-state index < -0.39 is 5.97 Å². The molecule has 1 amide bonds. The largest absolute Gasteiger partial charge is 0.481 e. The molecule has 0 radical (unpaired) electrons. The molecule has 0 saturated heterocycles. The number of rotatable bonds is 9. The van der Waals surface area contributed by atoms with Gasteiger partial charge < -0.3 is 16.2 Å². The van der Waals surface area contributed by atoms with Crippen molar-refractivity contribution in [1.29, 1.82) is 0 Å². The Morgan fingerprint density at radius 1 is 1.26 bits per heavy atom. The highest BCUT2D eigenvalue weighted by Gasteiger charge is 2.23. The number of carboxylic acids is 1. The van der Waals surface area contributed by atoms with Gasteiger partial charge in [0.05, 0.1) is 0 Å². The van der Waals surface area contributed by atoms with Gasteiger partial charge in [0, 0.05) is 19.4 Å². The van der Waals surface area contributed by atoms with E-state index in [9.17, 15) is 9.59 Å². The van der Waals surface area contributed by atoms with Gasteiger partial charge in [0.25, 0.3) is 0 Å². The third-order valence-corrected chi connectivity index (χ3v) is 4.00. The average molecular weight is 270 g/mol. The van der Waals surface area contributed by atoms with E-state index in [1.807, 2.05) is 0 Å². The van der Waals surface area contributed by atoms with Gasteiger partial charge >= 0.3 is 5.97 Å². The number of hydrogen-bond donors (Lipinski definition) is 3. The highest BCUT2D eigenvalue weighted by molar-refractivity contribution is 5.76. The molecule has 0 heterocycles. The van der Waals surface area contributed by atoms with Gasteiger partial charge in [-0.25, -0.2) is 0 Å². The minimum absolute atomic E-state index is 0.0524.